The first-order chi connectivity index (χ1) is 14.2. The van der Waals surface area contributed by atoms with Crippen molar-refractivity contribution in [3.63, 3.8) is 0 Å². The number of pyridine rings is 1. The summed E-state index contributed by atoms with van der Waals surface area (Å²) in [5.41, 5.74) is 4.89. The maximum atomic E-state index is 5.86. The predicted octanol–water partition coefficient (Wildman–Crippen LogP) is 5.12. The zero-order valence-corrected chi connectivity index (χ0v) is 18.0. The molecule has 0 aliphatic heterocycles. The molecule has 152 valence electrons. The molecular formula is C24H30N4S. The van der Waals surface area contributed by atoms with Crippen molar-refractivity contribution in [2.24, 2.45) is 0 Å². The third kappa shape index (κ3) is 4.96. The average Bonchev–Trinajstić information content (AvgIpc) is 3.07. The van der Waals surface area contributed by atoms with E-state index in [1.54, 1.807) is 0 Å². The number of hydrogen-bond acceptors (Lipinski definition) is 2. The van der Waals surface area contributed by atoms with E-state index in [0.29, 0.717) is 6.04 Å². The minimum Gasteiger partial charge on any atom is -0.360 e. The van der Waals surface area contributed by atoms with E-state index in [1.165, 1.54) is 54.3 Å². The number of thiocarbonyl (C=S) groups is 1. The molecule has 1 saturated carbocycles. The number of rotatable bonds is 6. The van der Waals surface area contributed by atoms with Crippen LogP contribution in [0.15, 0.2) is 48.7 Å². The van der Waals surface area contributed by atoms with Crippen LogP contribution in [0.5, 0.6) is 0 Å². The Morgan fingerprint density at radius 3 is 2.72 bits per heavy atom. The molecule has 1 aromatic carbocycles. The van der Waals surface area contributed by atoms with Crippen molar-refractivity contribution in [1.29, 1.82) is 0 Å². The number of hydrogen-bond donors (Lipinski definition) is 2. The van der Waals surface area contributed by atoms with E-state index in [1.807, 2.05) is 18.3 Å². The summed E-state index contributed by atoms with van der Waals surface area (Å²) in [5, 5.41) is 5.82. The van der Waals surface area contributed by atoms with Gasteiger partial charge in [0.05, 0.1) is 12.2 Å². The number of aromatic nitrogens is 2. The molecule has 0 saturated heterocycles. The molecule has 0 atom stereocenters. The summed E-state index contributed by atoms with van der Waals surface area (Å²) in [6, 6.07) is 15.1. The van der Waals surface area contributed by atoms with Crippen LogP contribution in [0.3, 0.4) is 0 Å². The summed E-state index contributed by atoms with van der Waals surface area (Å²) >= 11 is 5.86. The lowest BCUT2D eigenvalue weighted by Crippen LogP contribution is -2.45. The van der Waals surface area contributed by atoms with E-state index >= 15 is 0 Å². The van der Waals surface area contributed by atoms with Crippen molar-refractivity contribution in [3.8, 4) is 0 Å². The molecule has 4 nitrogen and oxygen atoms in total. The standard InChI is InChI=1S/C24H30N4S/c1-18-21(22-12-5-6-13-23(22)26-18)14-16-28(17-20-11-7-8-15-25-20)24(29)27-19-9-3-2-4-10-19/h5-8,11-13,15,19,26H,2-4,9-10,14,16-17H2,1H3,(H,27,29). The molecule has 0 unspecified atom stereocenters. The van der Waals surface area contributed by atoms with Crippen LogP contribution in [0.2, 0.25) is 0 Å². The summed E-state index contributed by atoms with van der Waals surface area (Å²) in [5.74, 6) is 0. The number of aryl methyl sites for hydroxylation is 1. The Morgan fingerprint density at radius 1 is 1.14 bits per heavy atom. The first-order valence-electron chi connectivity index (χ1n) is 10.7. The Labute approximate surface area is 178 Å². The van der Waals surface area contributed by atoms with E-state index < -0.39 is 0 Å². The van der Waals surface area contributed by atoms with Crippen LogP contribution in [0.1, 0.15) is 49.1 Å². The fraction of sp³-hybridized carbons (Fsp3) is 0.417. The van der Waals surface area contributed by atoms with Crippen LogP contribution in [-0.4, -0.2) is 32.6 Å². The van der Waals surface area contributed by atoms with Crippen molar-refractivity contribution in [2.45, 2.75) is 58.0 Å². The van der Waals surface area contributed by atoms with Crippen LogP contribution in [0.4, 0.5) is 0 Å². The summed E-state index contributed by atoms with van der Waals surface area (Å²) < 4.78 is 0. The van der Waals surface area contributed by atoms with Gasteiger partial charge < -0.3 is 15.2 Å². The Hall–Kier alpha value is -2.40. The lowest BCUT2D eigenvalue weighted by Gasteiger charge is -2.31. The maximum Gasteiger partial charge on any atom is 0.169 e. The lowest BCUT2D eigenvalue weighted by molar-refractivity contribution is 0.366. The summed E-state index contributed by atoms with van der Waals surface area (Å²) in [7, 11) is 0. The summed E-state index contributed by atoms with van der Waals surface area (Å²) in [4.78, 5) is 10.3. The Balaban J connectivity index is 1.49. The number of benzene rings is 1. The molecule has 0 amide bonds. The molecule has 1 fully saturated rings. The van der Waals surface area contributed by atoms with Gasteiger partial charge in [-0.3, -0.25) is 4.98 Å². The monoisotopic (exact) mass is 406 g/mol. The second-order valence-corrected chi connectivity index (χ2v) is 8.44. The highest BCUT2D eigenvalue weighted by atomic mass is 32.1. The third-order valence-electron chi connectivity index (χ3n) is 5.96. The third-order valence-corrected chi connectivity index (χ3v) is 6.33. The van der Waals surface area contributed by atoms with Crippen molar-refractivity contribution in [2.75, 3.05) is 6.54 Å². The zero-order chi connectivity index (χ0) is 20.1. The van der Waals surface area contributed by atoms with Gasteiger partial charge in [0.2, 0.25) is 0 Å². The maximum absolute atomic E-state index is 5.86. The van der Waals surface area contributed by atoms with Gasteiger partial charge in [-0.1, -0.05) is 43.5 Å². The highest BCUT2D eigenvalue weighted by molar-refractivity contribution is 7.80. The molecule has 2 aromatic heterocycles. The van der Waals surface area contributed by atoms with Gasteiger partial charge in [0.15, 0.2) is 5.11 Å². The topological polar surface area (TPSA) is 44.0 Å². The Bertz CT molecular complexity index is 944. The normalized spacial score (nSPS) is 14.8. The highest BCUT2D eigenvalue weighted by Crippen LogP contribution is 2.23. The van der Waals surface area contributed by atoms with E-state index in [9.17, 15) is 0 Å². The molecule has 3 aromatic rings. The van der Waals surface area contributed by atoms with E-state index in [4.69, 9.17) is 12.2 Å². The predicted molar refractivity (Wildman–Crippen MR) is 124 cm³/mol. The number of H-pyrrole nitrogens is 1. The van der Waals surface area contributed by atoms with Crippen molar-refractivity contribution in [3.05, 3.63) is 65.6 Å². The minimum absolute atomic E-state index is 0.511. The van der Waals surface area contributed by atoms with Gasteiger partial charge in [-0.25, -0.2) is 0 Å². The van der Waals surface area contributed by atoms with Gasteiger partial charge in [-0.15, -0.1) is 0 Å². The number of aromatic amines is 1. The van der Waals surface area contributed by atoms with Crippen LogP contribution in [0.25, 0.3) is 10.9 Å². The second-order valence-electron chi connectivity index (χ2n) is 8.05. The van der Waals surface area contributed by atoms with Crippen LogP contribution in [-0.2, 0) is 13.0 Å². The molecular weight excluding hydrogens is 376 g/mol. The first-order valence-corrected chi connectivity index (χ1v) is 11.1. The van der Waals surface area contributed by atoms with E-state index in [-0.39, 0.29) is 0 Å². The number of nitrogens with one attached hydrogen (secondary N) is 2. The Morgan fingerprint density at radius 2 is 1.93 bits per heavy atom. The molecule has 2 heterocycles. The Kier molecular flexibility index (Phi) is 6.45. The fourth-order valence-corrected chi connectivity index (χ4v) is 4.68. The van der Waals surface area contributed by atoms with E-state index in [2.05, 4.69) is 57.4 Å². The fourth-order valence-electron chi connectivity index (χ4n) is 4.36. The molecule has 1 aliphatic rings. The molecule has 0 radical (unpaired) electrons. The van der Waals surface area contributed by atoms with Crippen molar-refractivity contribution >= 4 is 28.2 Å². The van der Waals surface area contributed by atoms with Gasteiger partial charge in [0.25, 0.3) is 0 Å². The SMILES string of the molecule is Cc1[nH]c2ccccc2c1CCN(Cc1ccccn1)C(=S)NC1CCCCC1. The first kappa shape index (κ1) is 19.9. The minimum atomic E-state index is 0.511. The highest BCUT2D eigenvalue weighted by Gasteiger charge is 2.19. The quantitative estimate of drug-likeness (QED) is 0.558. The van der Waals surface area contributed by atoms with Gasteiger partial charge in [-0.2, -0.15) is 0 Å². The lowest BCUT2D eigenvalue weighted by atomic mass is 9.96. The molecule has 29 heavy (non-hydrogen) atoms. The summed E-state index contributed by atoms with van der Waals surface area (Å²) in [6.45, 7) is 3.77. The van der Waals surface area contributed by atoms with Crippen LogP contribution in [0, 0.1) is 6.92 Å². The van der Waals surface area contributed by atoms with Gasteiger partial charge in [0, 0.05) is 35.4 Å². The molecule has 0 bridgehead atoms. The second kappa shape index (κ2) is 9.40. The van der Waals surface area contributed by atoms with Crippen LogP contribution >= 0.6 is 12.2 Å². The van der Waals surface area contributed by atoms with Crippen LogP contribution < -0.4 is 5.32 Å². The molecule has 4 rings (SSSR count). The molecule has 5 heteroatoms. The van der Waals surface area contributed by atoms with Crippen molar-refractivity contribution in [1.82, 2.24) is 20.2 Å². The van der Waals surface area contributed by atoms with Gasteiger partial charge >= 0.3 is 0 Å². The molecule has 0 spiro atoms. The van der Waals surface area contributed by atoms with Crippen molar-refractivity contribution < 1.29 is 0 Å². The smallest absolute Gasteiger partial charge is 0.169 e. The number of fused-ring (bicyclic) bond motifs is 1. The molecule has 2 N–H and O–H groups in total. The van der Waals surface area contributed by atoms with Gasteiger partial charge in [0.1, 0.15) is 0 Å². The van der Waals surface area contributed by atoms with Gasteiger partial charge in [-0.05, 0) is 62.2 Å². The summed E-state index contributed by atoms with van der Waals surface area (Å²) in [6.07, 6.45) is 9.20. The number of para-hydroxylation sites is 1. The zero-order valence-electron chi connectivity index (χ0n) is 17.2. The van der Waals surface area contributed by atoms with E-state index in [0.717, 1.165) is 30.3 Å². The largest absolute Gasteiger partial charge is 0.360 e. The number of nitrogens with zero attached hydrogens (tertiary/aromatic N) is 2. The average molecular weight is 407 g/mol. The molecule has 1 aliphatic carbocycles.